The third-order valence-corrected chi connectivity index (χ3v) is 5.18. The van der Waals surface area contributed by atoms with Crippen LogP contribution in [0.1, 0.15) is 47.2 Å². The van der Waals surface area contributed by atoms with Crippen molar-refractivity contribution >= 4 is 11.7 Å². The van der Waals surface area contributed by atoms with Crippen LogP contribution in [0.15, 0.2) is 30.5 Å². The number of hydrogen-bond acceptors (Lipinski definition) is 3. The summed E-state index contributed by atoms with van der Waals surface area (Å²) in [5, 5.41) is 12.4. The minimum atomic E-state index is -0.752. The monoisotopic (exact) mass is 326 g/mol. The van der Waals surface area contributed by atoms with Crippen molar-refractivity contribution in [2.45, 2.75) is 38.1 Å². The lowest BCUT2D eigenvalue weighted by Crippen LogP contribution is -2.09. The van der Waals surface area contributed by atoms with Crippen LogP contribution in [-0.2, 0) is 11.2 Å². The van der Waals surface area contributed by atoms with Crippen LogP contribution in [0, 0.1) is 18.7 Å². The van der Waals surface area contributed by atoms with Crippen LogP contribution >= 0.6 is 0 Å². The third-order valence-electron chi connectivity index (χ3n) is 5.18. The number of hydrogen-bond donors (Lipinski definition) is 2. The smallest absolute Gasteiger partial charge is 0.307 e. The van der Waals surface area contributed by atoms with Crippen molar-refractivity contribution in [2.75, 3.05) is 5.32 Å². The first-order valence-electron chi connectivity index (χ1n) is 8.27. The van der Waals surface area contributed by atoms with Gasteiger partial charge in [0.25, 0.3) is 0 Å². The Morgan fingerprint density at radius 1 is 1.33 bits per heavy atom. The number of halogens is 1. The minimum Gasteiger partial charge on any atom is -0.481 e. The standard InChI is InChI=1S/C19H19FN2O2/c1-10-2-5-15(20)18-12(10)4-7-17(18)22-11-3-6-16(21-9-11)13-8-14(13)19(23)24/h2-3,5-6,9,13-14,17,22H,4,7-8H2,1H3,(H,23,24)/t13-,14-,17+/m0/s1. The van der Waals surface area contributed by atoms with Gasteiger partial charge >= 0.3 is 5.97 Å². The van der Waals surface area contributed by atoms with Gasteiger partial charge < -0.3 is 10.4 Å². The van der Waals surface area contributed by atoms with E-state index in [1.807, 2.05) is 25.1 Å². The lowest BCUT2D eigenvalue weighted by molar-refractivity contribution is -0.138. The van der Waals surface area contributed by atoms with Gasteiger partial charge in [-0.25, -0.2) is 4.39 Å². The van der Waals surface area contributed by atoms with E-state index in [9.17, 15) is 9.18 Å². The van der Waals surface area contributed by atoms with Crippen LogP contribution in [0.5, 0.6) is 0 Å². The number of nitrogens with zero attached hydrogens (tertiary/aromatic N) is 1. The highest BCUT2D eigenvalue weighted by Gasteiger charge is 2.45. The van der Waals surface area contributed by atoms with E-state index in [2.05, 4.69) is 10.3 Å². The molecule has 0 bridgehead atoms. The predicted octanol–water partition coefficient (Wildman–Crippen LogP) is 3.82. The Kier molecular flexibility index (Phi) is 3.52. The molecule has 1 aromatic heterocycles. The minimum absolute atomic E-state index is 0.0313. The van der Waals surface area contributed by atoms with Crippen molar-refractivity contribution in [3.05, 3.63) is 58.7 Å². The SMILES string of the molecule is Cc1ccc(F)c2c1CC[C@H]2Nc1ccc([C@H]2C[C@@H]2C(=O)O)nc1. The average Bonchev–Trinajstić information content (AvgIpc) is 3.26. The molecule has 0 saturated heterocycles. The Hall–Kier alpha value is -2.43. The molecule has 24 heavy (non-hydrogen) atoms. The van der Waals surface area contributed by atoms with E-state index in [4.69, 9.17) is 5.11 Å². The van der Waals surface area contributed by atoms with Gasteiger partial charge in [-0.05, 0) is 55.5 Å². The second-order valence-corrected chi connectivity index (χ2v) is 6.75. The zero-order valence-electron chi connectivity index (χ0n) is 13.4. The molecular weight excluding hydrogens is 307 g/mol. The summed E-state index contributed by atoms with van der Waals surface area (Å²) >= 11 is 0. The second-order valence-electron chi connectivity index (χ2n) is 6.75. The molecular formula is C19H19FN2O2. The van der Waals surface area contributed by atoms with Crippen molar-refractivity contribution in [3.8, 4) is 0 Å². The summed E-state index contributed by atoms with van der Waals surface area (Å²) in [5.41, 5.74) is 4.68. The fourth-order valence-corrected chi connectivity index (χ4v) is 3.74. The molecule has 0 aliphatic heterocycles. The number of fused-ring (bicyclic) bond motifs is 1. The van der Waals surface area contributed by atoms with E-state index in [1.54, 1.807) is 6.20 Å². The molecule has 0 radical (unpaired) electrons. The van der Waals surface area contributed by atoms with Crippen molar-refractivity contribution in [2.24, 2.45) is 5.92 Å². The molecule has 0 spiro atoms. The molecule has 5 heteroatoms. The molecule has 0 unspecified atom stereocenters. The Balaban J connectivity index is 1.50. The fourth-order valence-electron chi connectivity index (χ4n) is 3.74. The number of nitrogens with one attached hydrogen (secondary N) is 1. The highest BCUT2D eigenvalue weighted by atomic mass is 19.1. The first kappa shape index (κ1) is 15.1. The highest BCUT2D eigenvalue weighted by molar-refractivity contribution is 5.75. The van der Waals surface area contributed by atoms with Crippen molar-refractivity contribution in [1.82, 2.24) is 4.98 Å². The van der Waals surface area contributed by atoms with E-state index >= 15 is 0 Å². The summed E-state index contributed by atoms with van der Waals surface area (Å²) < 4.78 is 14.2. The first-order chi connectivity index (χ1) is 11.5. The van der Waals surface area contributed by atoms with E-state index in [0.29, 0.717) is 6.42 Å². The molecule has 4 nitrogen and oxygen atoms in total. The molecule has 2 N–H and O–H groups in total. The third kappa shape index (κ3) is 2.54. The Labute approximate surface area is 139 Å². The molecule has 2 aliphatic rings. The van der Waals surface area contributed by atoms with Gasteiger partial charge in [0.1, 0.15) is 5.82 Å². The molecule has 2 aliphatic carbocycles. The number of aryl methyl sites for hydroxylation is 1. The quantitative estimate of drug-likeness (QED) is 0.897. The largest absolute Gasteiger partial charge is 0.481 e. The molecule has 4 rings (SSSR count). The zero-order chi connectivity index (χ0) is 16.8. The van der Waals surface area contributed by atoms with E-state index in [1.165, 1.54) is 6.07 Å². The van der Waals surface area contributed by atoms with Gasteiger partial charge in [0, 0.05) is 17.2 Å². The summed E-state index contributed by atoms with van der Waals surface area (Å²) in [5.74, 6) is -1.17. The maximum absolute atomic E-state index is 14.2. The Morgan fingerprint density at radius 2 is 2.17 bits per heavy atom. The van der Waals surface area contributed by atoms with Gasteiger partial charge in [0.2, 0.25) is 0 Å². The number of benzene rings is 1. The predicted molar refractivity (Wildman–Crippen MR) is 88.5 cm³/mol. The summed E-state index contributed by atoms with van der Waals surface area (Å²) in [6, 6.07) is 7.11. The van der Waals surface area contributed by atoms with Crippen molar-refractivity contribution < 1.29 is 14.3 Å². The second kappa shape index (κ2) is 5.58. The number of anilines is 1. The Bertz CT molecular complexity index is 804. The number of carboxylic acid groups (broad SMARTS) is 1. The maximum Gasteiger partial charge on any atom is 0.307 e. The van der Waals surface area contributed by atoms with Crippen LogP contribution < -0.4 is 5.32 Å². The molecule has 1 aromatic carbocycles. The van der Waals surface area contributed by atoms with Crippen molar-refractivity contribution in [3.63, 3.8) is 0 Å². The molecule has 124 valence electrons. The van der Waals surface area contributed by atoms with E-state index < -0.39 is 5.97 Å². The van der Waals surface area contributed by atoms with E-state index in [-0.39, 0.29) is 23.7 Å². The van der Waals surface area contributed by atoms with Crippen molar-refractivity contribution in [1.29, 1.82) is 0 Å². The highest BCUT2D eigenvalue weighted by Crippen LogP contribution is 2.47. The molecule has 1 heterocycles. The topological polar surface area (TPSA) is 62.2 Å². The number of rotatable bonds is 4. The zero-order valence-corrected chi connectivity index (χ0v) is 13.4. The van der Waals surface area contributed by atoms with Gasteiger partial charge in [-0.3, -0.25) is 9.78 Å². The summed E-state index contributed by atoms with van der Waals surface area (Å²) in [6.45, 7) is 2.02. The molecule has 0 amide bonds. The Morgan fingerprint density at radius 3 is 2.83 bits per heavy atom. The molecule has 1 fully saturated rings. The van der Waals surface area contributed by atoms with Gasteiger partial charge in [0.15, 0.2) is 0 Å². The average molecular weight is 326 g/mol. The number of pyridine rings is 1. The normalized spacial score (nSPS) is 24.5. The fraction of sp³-hybridized carbons (Fsp3) is 0.368. The number of carbonyl (C=O) groups is 1. The van der Waals surface area contributed by atoms with Crippen LogP contribution in [0.3, 0.4) is 0 Å². The summed E-state index contributed by atoms with van der Waals surface area (Å²) in [6.07, 6.45) is 4.13. The van der Waals surface area contributed by atoms with Gasteiger partial charge in [0.05, 0.1) is 23.8 Å². The number of aromatic nitrogens is 1. The van der Waals surface area contributed by atoms with Gasteiger partial charge in [-0.2, -0.15) is 0 Å². The summed E-state index contributed by atoms with van der Waals surface area (Å²) in [7, 11) is 0. The van der Waals surface area contributed by atoms with Crippen LogP contribution in [0.25, 0.3) is 0 Å². The van der Waals surface area contributed by atoms with Crippen LogP contribution in [-0.4, -0.2) is 16.1 Å². The molecule has 3 atom stereocenters. The lowest BCUT2D eigenvalue weighted by atomic mass is 10.0. The summed E-state index contributed by atoms with van der Waals surface area (Å²) in [4.78, 5) is 15.3. The van der Waals surface area contributed by atoms with Gasteiger partial charge in [-0.15, -0.1) is 0 Å². The molecule has 2 aromatic rings. The number of aliphatic carboxylic acids is 1. The molecule has 1 saturated carbocycles. The maximum atomic E-state index is 14.2. The van der Waals surface area contributed by atoms with E-state index in [0.717, 1.165) is 40.9 Å². The first-order valence-corrected chi connectivity index (χ1v) is 8.27. The number of carboxylic acids is 1. The van der Waals surface area contributed by atoms with Crippen LogP contribution in [0.2, 0.25) is 0 Å². The van der Waals surface area contributed by atoms with Gasteiger partial charge in [-0.1, -0.05) is 6.07 Å². The lowest BCUT2D eigenvalue weighted by Gasteiger charge is -2.16. The van der Waals surface area contributed by atoms with Crippen LogP contribution in [0.4, 0.5) is 10.1 Å².